The highest BCUT2D eigenvalue weighted by Crippen LogP contribution is 2.43. The minimum absolute atomic E-state index is 0.614. The summed E-state index contributed by atoms with van der Waals surface area (Å²) in [6.45, 7) is 0. The van der Waals surface area contributed by atoms with Crippen molar-refractivity contribution in [2.45, 2.75) is 0 Å². The van der Waals surface area contributed by atoms with Gasteiger partial charge in [0.1, 0.15) is 22.3 Å². The van der Waals surface area contributed by atoms with Gasteiger partial charge in [0.2, 0.25) is 0 Å². The van der Waals surface area contributed by atoms with Crippen LogP contribution in [0.15, 0.2) is 209 Å². The van der Waals surface area contributed by atoms with Gasteiger partial charge in [-0.2, -0.15) is 0 Å². The van der Waals surface area contributed by atoms with E-state index in [1.807, 2.05) is 48.8 Å². The van der Waals surface area contributed by atoms with Crippen LogP contribution in [0, 0.1) is 0 Å². The molecule has 4 aromatic heterocycles. The van der Waals surface area contributed by atoms with E-state index >= 15 is 0 Å². The normalized spacial score (nSPS) is 11.7. The molecule has 0 saturated heterocycles. The van der Waals surface area contributed by atoms with Crippen LogP contribution in [0.3, 0.4) is 0 Å². The second-order valence-corrected chi connectivity index (χ2v) is 15.1. The zero-order chi connectivity index (χ0) is 39.6. The molecule has 0 aliphatic carbocycles. The van der Waals surface area contributed by atoms with Gasteiger partial charge in [-0.25, -0.2) is 9.97 Å². The van der Waals surface area contributed by atoms with E-state index in [0.29, 0.717) is 5.82 Å². The number of benzene rings is 8. The minimum atomic E-state index is 0.614. The molecule has 0 spiro atoms. The van der Waals surface area contributed by atoms with Crippen LogP contribution in [0.5, 0.6) is 0 Å². The molecule has 0 saturated carbocycles. The van der Waals surface area contributed by atoms with E-state index < -0.39 is 0 Å². The van der Waals surface area contributed by atoms with E-state index in [-0.39, 0.29) is 0 Å². The van der Waals surface area contributed by atoms with Crippen LogP contribution in [-0.2, 0) is 0 Å². The Hall–Kier alpha value is -8.15. The topological polar surface area (TPSA) is 65.0 Å². The van der Waals surface area contributed by atoms with Crippen LogP contribution in [0.25, 0.3) is 122 Å². The molecule has 4 heterocycles. The number of furan rings is 2. The number of pyridine rings is 1. The van der Waals surface area contributed by atoms with E-state index in [1.165, 1.54) is 0 Å². The summed E-state index contributed by atoms with van der Waals surface area (Å²) in [5, 5.41) is 6.55. The molecule has 0 atom stereocenters. The maximum absolute atomic E-state index is 6.62. The van der Waals surface area contributed by atoms with Crippen LogP contribution >= 0.6 is 0 Å². The minimum Gasteiger partial charge on any atom is -0.455 e. The van der Waals surface area contributed by atoms with Gasteiger partial charge in [0.05, 0.1) is 11.4 Å². The highest BCUT2D eigenvalue weighted by atomic mass is 16.3. The lowest BCUT2D eigenvalue weighted by Gasteiger charge is -2.15. The molecule has 0 N–H and O–H groups in total. The molecule has 0 aliphatic rings. The first-order chi connectivity index (χ1) is 29.7. The molecule has 0 fully saturated rings. The third-order valence-electron chi connectivity index (χ3n) is 11.6. The molecule has 0 amide bonds. The van der Waals surface area contributed by atoms with Crippen molar-refractivity contribution in [2.24, 2.45) is 0 Å². The Morgan fingerprint density at radius 2 is 0.817 bits per heavy atom. The van der Waals surface area contributed by atoms with Gasteiger partial charge in [0.15, 0.2) is 5.82 Å². The number of hydrogen-bond acceptors (Lipinski definition) is 5. The molecular formula is C55H33N3O2. The summed E-state index contributed by atoms with van der Waals surface area (Å²) in [5.41, 5.74) is 14.1. The number of rotatable bonds is 6. The molecule has 12 aromatic rings. The van der Waals surface area contributed by atoms with Crippen molar-refractivity contribution in [3.63, 3.8) is 0 Å². The molecule has 8 aromatic carbocycles. The quantitative estimate of drug-likeness (QED) is 0.169. The molecule has 0 unspecified atom stereocenters. The number of fused-ring (bicyclic) bond motifs is 7. The largest absolute Gasteiger partial charge is 0.455 e. The molecular weight excluding hydrogens is 735 g/mol. The highest BCUT2D eigenvalue weighted by Gasteiger charge is 2.20. The SMILES string of the molecule is c1ccc(-c2cc(-c3cccc4c(-c5cccnc5)cccc34)nc(-c3cc(-c4cccc5c4oc4ccccc45)cc(-c4cccc5c4oc4ccccc45)c3)n2)cc1. The predicted molar refractivity (Wildman–Crippen MR) is 245 cm³/mol. The standard InChI is InChI=1S/C55H33N3O2/c1-2-13-34(14-3-1)49-32-50(44-23-11-21-42-39(18-8-22-43(42)44)35-15-12-28-56-33-35)58-55(57-49)38-30-36(40-19-9-24-47-45-16-4-6-26-51(45)59-53(40)47)29-37(31-38)41-20-10-25-48-46-17-5-7-27-52(46)60-54(41)48/h1-33H. The first kappa shape index (κ1) is 33.9. The first-order valence-corrected chi connectivity index (χ1v) is 20.1. The highest BCUT2D eigenvalue weighted by molar-refractivity contribution is 6.12. The lowest BCUT2D eigenvalue weighted by atomic mass is 9.93. The Morgan fingerprint density at radius 3 is 1.45 bits per heavy atom. The molecule has 12 rings (SSSR count). The molecule has 280 valence electrons. The summed E-state index contributed by atoms with van der Waals surface area (Å²) >= 11 is 0. The fraction of sp³-hybridized carbons (Fsp3) is 0. The average Bonchev–Trinajstić information content (AvgIpc) is 3.90. The van der Waals surface area contributed by atoms with Gasteiger partial charge >= 0.3 is 0 Å². The van der Waals surface area contributed by atoms with Crippen LogP contribution in [0.2, 0.25) is 0 Å². The van der Waals surface area contributed by atoms with Gasteiger partial charge in [-0.1, -0.05) is 146 Å². The fourth-order valence-electron chi connectivity index (χ4n) is 8.79. The molecule has 5 nitrogen and oxygen atoms in total. The van der Waals surface area contributed by atoms with E-state index in [4.69, 9.17) is 18.8 Å². The van der Waals surface area contributed by atoms with Crippen molar-refractivity contribution in [3.8, 4) is 67.3 Å². The number of para-hydroxylation sites is 4. The average molecular weight is 768 g/mol. The van der Waals surface area contributed by atoms with E-state index in [9.17, 15) is 0 Å². The number of aromatic nitrogens is 3. The van der Waals surface area contributed by atoms with Gasteiger partial charge in [0.25, 0.3) is 0 Å². The predicted octanol–water partition coefficient (Wildman–Crippen LogP) is 14.8. The summed E-state index contributed by atoms with van der Waals surface area (Å²) in [5.74, 6) is 0.614. The summed E-state index contributed by atoms with van der Waals surface area (Å²) in [4.78, 5) is 15.2. The Kier molecular flexibility index (Phi) is 7.78. The maximum atomic E-state index is 6.62. The van der Waals surface area contributed by atoms with Crippen LogP contribution in [-0.4, -0.2) is 15.0 Å². The van der Waals surface area contributed by atoms with E-state index in [0.717, 1.165) is 116 Å². The zero-order valence-electron chi connectivity index (χ0n) is 32.2. The lowest BCUT2D eigenvalue weighted by molar-refractivity contribution is 0.670. The summed E-state index contributed by atoms with van der Waals surface area (Å²) in [6.07, 6.45) is 3.72. The number of nitrogens with zero attached hydrogens (tertiary/aromatic N) is 3. The maximum Gasteiger partial charge on any atom is 0.160 e. The second-order valence-electron chi connectivity index (χ2n) is 15.1. The van der Waals surface area contributed by atoms with Crippen molar-refractivity contribution in [1.29, 1.82) is 0 Å². The van der Waals surface area contributed by atoms with Crippen molar-refractivity contribution in [2.75, 3.05) is 0 Å². The lowest BCUT2D eigenvalue weighted by Crippen LogP contribution is -1.97. The monoisotopic (exact) mass is 767 g/mol. The van der Waals surface area contributed by atoms with Gasteiger partial charge < -0.3 is 8.83 Å². The Bertz CT molecular complexity index is 3470. The number of hydrogen-bond donors (Lipinski definition) is 0. The van der Waals surface area contributed by atoms with Crippen molar-refractivity contribution in [1.82, 2.24) is 15.0 Å². The van der Waals surface area contributed by atoms with E-state index in [1.54, 1.807) is 0 Å². The molecule has 0 radical (unpaired) electrons. The molecule has 60 heavy (non-hydrogen) atoms. The van der Waals surface area contributed by atoms with Gasteiger partial charge in [-0.05, 0) is 69.9 Å². The molecule has 5 heteroatoms. The van der Waals surface area contributed by atoms with E-state index in [2.05, 4.69) is 157 Å². The van der Waals surface area contributed by atoms with Gasteiger partial charge in [-0.15, -0.1) is 0 Å². The summed E-state index contributed by atoms with van der Waals surface area (Å²) in [6, 6.07) is 65.2. The van der Waals surface area contributed by atoms with Crippen molar-refractivity contribution in [3.05, 3.63) is 200 Å². The van der Waals surface area contributed by atoms with Crippen LogP contribution in [0.1, 0.15) is 0 Å². The second kappa shape index (κ2) is 13.8. The van der Waals surface area contributed by atoms with Gasteiger partial charge in [0, 0.05) is 67.3 Å². The Labute approximate surface area is 344 Å². The van der Waals surface area contributed by atoms with Crippen LogP contribution < -0.4 is 0 Å². The molecule has 0 bridgehead atoms. The fourth-order valence-corrected chi connectivity index (χ4v) is 8.79. The summed E-state index contributed by atoms with van der Waals surface area (Å²) in [7, 11) is 0. The van der Waals surface area contributed by atoms with Gasteiger partial charge in [-0.3, -0.25) is 4.98 Å². The molecule has 0 aliphatic heterocycles. The smallest absolute Gasteiger partial charge is 0.160 e. The zero-order valence-corrected chi connectivity index (χ0v) is 32.2. The Balaban J connectivity index is 1.13. The first-order valence-electron chi connectivity index (χ1n) is 20.1. The van der Waals surface area contributed by atoms with Crippen molar-refractivity contribution >= 4 is 54.6 Å². The van der Waals surface area contributed by atoms with Crippen molar-refractivity contribution < 1.29 is 8.83 Å². The third kappa shape index (κ3) is 5.59. The summed E-state index contributed by atoms with van der Waals surface area (Å²) < 4.78 is 13.2. The third-order valence-corrected chi connectivity index (χ3v) is 11.6. The Morgan fingerprint density at radius 1 is 0.317 bits per heavy atom. The van der Waals surface area contributed by atoms with Crippen LogP contribution in [0.4, 0.5) is 0 Å².